The van der Waals surface area contributed by atoms with Crippen molar-refractivity contribution in [2.24, 2.45) is 0 Å². The number of nitrogens with zero attached hydrogens (tertiary/aromatic N) is 1. The maximum Gasteiger partial charge on any atom is 0.254 e. The summed E-state index contributed by atoms with van der Waals surface area (Å²) in [5.41, 5.74) is 2.57. The van der Waals surface area contributed by atoms with Crippen molar-refractivity contribution in [2.75, 3.05) is 12.5 Å². The fraction of sp³-hybridized carbons (Fsp3) is 0.227. The van der Waals surface area contributed by atoms with Crippen molar-refractivity contribution in [2.45, 2.75) is 24.9 Å². The average molecular weight is 424 g/mol. The van der Waals surface area contributed by atoms with Crippen molar-refractivity contribution in [1.29, 1.82) is 0 Å². The second-order valence-electron chi connectivity index (χ2n) is 6.77. The number of phenols is 1. The van der Waals surface area contributed by atoms with Crippen LogP contribution in [0, 0.1) is 0 Å². The Balaban J connectivity index is 1.53. The van der Waals surface area contributed by atoms with Crippen molar-refractivity contribution < 1.29 is 19.4 Å². The second kappa shape index (κ2) is 8.62. The van der Waals surface area contributed by atoms with E-state index in [1.807, 2.05) is 25.1 Å². The Morgan fingerprint density at radius 1 is 1.17 bits per heavy atom. The molecule has 0 spiro atoms. The number of hydrogen-bond acceptors (Lipinski definition) is 7. The molecule has 0 fully saturated rings. The molecule has 2 heterocycles. The van der Waals surface area contributed by atoms with Gasteiger partial charge in [-0.15, -0.1) is 0 Å². The number of aromatic amines is 1. The number of rotatable bonds is 7. The Morgan fingerprint density at radius 3 is 2.70 bits per heavy atom. The molecule has 0 unspecified atom stereocenters. The molecular formula is C22H20N2O5S. The smallest absolute Gasteiger partial charge is 0.254 e. The van der Waals surface area contributed by atoms with Crippen LogP contribution in [0.4, 0.5) is 0 Å². The molecule has 1 aliphatic rings. The number of nitrogens with one attached hydrogen (secondary N) is 1. The monoisotopic (exact) mass is 424 g/mol. The van der Waals surface area contributed by atoms with Crippen LogP contribution < -0.4 is 15.0 Å². The lowest BCUT2D eigenvalue weighted by Gasteiger charge is -2.10. The van der Waals surface area contributed by atoms with Gasteiger partial charge in [-0.1, -0.05) is 24.8 Å². The topological polar surface area (TPSA) is 102 Å². The number of ketones is 1. The van der Waals surface area contributed by atoms with E-state index in [1.165, 1.54) is 23.9 Å². The molecule has 30 heavy (non-hydrogen) atoms. The molecule has 154 valence electrons. The van der Waals surface area contributed by atoms with Crippen LogP contribution in [-0.4, -0.2) is 33.4 Å². The van der Waals surface area contributed by atoms with Gasteiger partial charge in [-0.25, -0.2) is 4.98 Å². The molecule has 3 aromatic rings. The van der Waals surface area contributed by atoms with Gasteiger partial charge in [0.2, 0.25) is 6.79 Å². The fourth-order valence-electron chi connectivity index (χ4n) is 3.21. The van der Waals surface area contributed by atoms with Gasteiger partial charge in [0.15, 0.2) is 22.4 Å². The number of benzene rings is 2. The van der Waals surface area contributed by atoms with Gasteiger partial charge in [-0.3, -0.25) is 9.59 Å². The minimum absolute atomic E-state index is 0.105. The van der Waals surface area contributed by atoms with Crippen molar-refractivity contribution in [3.05, 3.63) is 75.2 Å². The SMILES string of the molecule is CCc1c(Cc2ccc3c(c2)OCO3)nc(SCC(=O)c2ccc(O)cc2)[nH]c1=O. The van der Waals surface area contributed by atoms with Gasteiger partial charge in [0.05, 0.1) is 11.4 Å². The van der Waals surface area contributed by atoms with Crippen molar-refractivity contribution in [3.8, 4) is 17.2 Å². The number of phenolic OH excluding ortho intramolecular Hbond substituents is 1. The van der Waals surface area contributed by atoms with Gasteiger partial charge < -0.3 is 19.6 Å². The summed E-state index contributed by atoms with van der Waals surface area (Å²) in [6.07, 6.45) is 1.03. The van der Waals surface area contributed by atoms with Crippen LogP contribution >= 0.6 is 11.8 Å². The summed E-state index contributed by atoms with van der Waals surface area (Å²) in [5.74, 6) is 1.51. The lowest BCUT2D eigenvalue weighted by atomic mass is 10.0. The number of carbonyl (C=O) groups excluding carboxylic acids is 1. The summed E-state index contributed by atoms with van der Waals surface area (Å²) < 4.78 is 10.8. The molecule has 0 radical (unpaired) electrons. The Kier molecular flexibility index (Phi) is 5.76. The third-order valence-corrected chi connectivity index (χ3v) is 5.64. The first kappa shape index (κ1) is 20.0. The predicted octanol–water partition coefficient (Wildman–Crippen LogP) is 3.33. The molecule has 4 rings (SSSR count). The van der Waals surface area contributed by atoms with Gasteiger partial charge in [0, 0.05) is 17.5 Å². The highest BCUT2D eigenvalue weighted by atomic mass is 32.2. The van der Waals surface area contributed by atoms with E-state index in [0.29, 0.717) is 46.3 Å². The molecule has 8 heteroatoms. The van der Waals surface area contributed by atoms with E-state index in [-0.39, 0.29) is 29.6 Å². The number of Topliss-reactive ketones (excluding diaryl/α,β-unsaturated/α-hetero) is 1. The molecule has 2 aromatic carbocycles. The zero-order valence-electron chi connectivity index (χ0n) is 16.3. The Hall–Kier alpha value is -3.26. The van der Waals surface area contributed by atoms with Crippen LogP contribution in [0.15, 0.2) is 52.4 Å². The molecule has 0 aliphatic carbocycles. The first-order chi connectivity index (χ1) is 14.5. The Labute approximate surface area is 177 Å². The predicted molar refractivity (Wildman–Crippen MR) is 113 cm³/mol. The number of ether oxygens (including phenoxy) is 2. The molecule has 2 N–H and O–H groups in total. The summed E-state index contributed by atoms with van der Waals surface area (Å²) in [4.78, 5) is 32.3. The van der Waals surface area contributed by atoms with Gasteiger partial charge in [0.25, 0.3) is 5.56 Å². The number of aromatic hydroxyl groups is 1. The maximum atomic E-state index is 12.6. The number of carbonyl (C=O) groups is 1. The van der Waals surface area contributed by atoms with Gasteiger partial charge in [-0.2, -0.15) is 0 Å². The van der Waals surface area contributed by atoms with E-state index < -0.39 is 0 Å². The summed E-state index contributed by atoms with van der Waals surface area (Å²) >= 11 is 1.18. The molecular weight excluding hydrogens is 404 g/mol. The summed E-state index contributed by atoms with van der Waals surface area (Å²) in [6, 6.07) is 11.7. The first-order valence-corrected chi connectivity index (χ1v) is 10.5. The quantitative estimate of drug-likeness (QED) is 0.341. The van der Waals surface area contributed by atoms with E-state index in [9.17, 15) is 14.7 Å². The zero-order valence-corrected chi connectivity index (χ0v) is 17.1. The van der Waals surface area contributed by atoms with Crippen LogP contribution in [-0.2, 0) is 12.8 Å². The third-order valence-electron chi connectivity index (χ3n) is 4.77. The van der Waals surface area contributed by atoms with Crippen LogP contribution in [0.5, 0.6) is 17.2 Å². The largest absolute Gasteiger partial charge is 0.508 e. The van der Waals surface area contributed by atoms with Crippen molar-refractivity contribution in [3.63, 3.8) is 0 Å². The summed E-state index contributed by atoms with van der Waals surface area (Å²) in [7, 11) is 0. The first-order valence-electron chi connectivity index (χ1n) is 9.49. The maximum absolute atomic E-state index is 12.6. The number of H-pyrrole nitrogens is 1. The van der Waals surface area contributed by atoms with E-state index in [1.54, 1.807) is 12.1 Å². The molecule has 1 aliphatic heterocycles. The lowest BCUT2D eigenvalue weighted by Crippen LogP contribution is -2.19. The Morgan fingerprint density at radius 2 is 1.93 bits per heavy atom. The number of thioether (sulfide) groups is 1. The van der Waals surface area contributed by atoms with Crippen LogP contribution in [0.3, 0.4) is 0 Å². The molecule has 1 aromatic heterocycles. The molecule has 0 bridgehead atoms. The molecule has 0 saturated carbocycles. The van der Waals surface area contributed by atoms with Gasteiger partial charge >= 0.3 is 0 Å². The second-order valence-corrected chi connectivity index (χ2v) is 7.74. The fourth-order valence-corrected chi connectivity index (χ4v) is 3.98. The van der Waals surface area contributed by atoms with Crippen molar-refractivity contribution >= 4 is 17.5 Å². The zero-order chi connectivity index (χ0) is 21.1. The number of hydrogen-bond donors (Lipinski definition) is 2. The van der Waals surface area contributed by atoms with E-state index >= 15 is 0 Å². The van der Waals surface area contributed by atoms with Crippen LogP contribution in [0.1, 0.15) is 34.1 Å². The molecule has 0 atom stereocenters. The van der Waals surface area contributed by atoms with Crippen LogP contribution in [0.2, 0.25) is 0 Å². The molecule has 0 saturated heterocycles. The van der Waals surface area contributed by atoms with Gasteiger partial charge in [-0.05, 0) is 48.4 Å². The molecule has 0 amide bonds. The minimum Gasteiger partial charge on any atom is -0.508 e. The molecule has 7 nitrogen and oxygen atoms in total. The highest BCUT2D eigenvalue weighted by Crippen LogP contribution is 2.33. The average Bonchev–Trinajstić information content (AvgIpc) is 3.20. The van der Waals surface area contributed by atoms with E-state index in [0.717, 1.165) is 5.56 Å². The summed E-state index contributed by atoms with van der Waals surface area (Å²) in [5, 5.41) is 9.75. The number of aromatic nitrogens is 2. The highest BCUT2D eigenvalue weighted by molar-refractivity contribution is 7.99. The third kappa shape index (κ3) is 4.33. The Bertz CT molecular complexity index is 1140. The van der Waals surface area contributed by atoms with Crippen molar-refractivity contribution in [1.82, 2.24) is 9.97 Å². The van der Waals surface area contributed by atoms with Crippen LogP contribution in [0.25, 0.3) is 0 Å². The minimum atomic E-state index is -0.192. The summed E-state index contributed by atoms with van der Waals surface area (Å²) in [6.45, 7) is 2.12. The lowest BCUT2D eigenvalue weighted by molar-refractivity contribution is 0.102. The van der Waals surface area contributed by atoms with E-state index in [2.05, 4.69) is 9.97 Å². The normalized spacial score (nSPS) is 12.2. The standard InChI is InChI=1S/C22H20N2O5S/c1-2-16-17(9-13-3-8-19-20(10-13)29-12-28-19)23-22(24-21(16)27)30-11-18(26)14-4-6-15(25)7-5-14/h3-8,10,25H,2,9,11-12H2,1H3,(H,23,24,27). The van der Waals surface area contributed by atoms with E-state index in [4.69, 9.17) is 9.47 Å². The van der Waals surface area contributed by atoms with Gasteiger partial charge in [0.1, 0.15) is 5.75 Å². The number of fused-ring (bicyclic) bond motifs is 1. The highest BCUT2D eigenvalue weighted by Gasteiger charge is 2.16.